The van der Waals surface area contributed by atoms with Gasteiger partial charge in [0.2, 0.25) is 0 Å². The zero-order valence-electron chi connectivity index (χ0n) is 16.9. The fraction of sp³-hybridized carbons (Fsp3) is 0.0435. The molecule has 1 aliphatic rings. The van der Waals surface area contributed by atoms with E-state index in [0.717, 1.165) is 5.01 Å². The number of rotatable bonds is 5. The number of hydrogen-bond acceptors (Lipinski definition) is 5. The highest BCUT2D eigenvalue weighted by molar-refractivity contribution is 6.34. The predicted octanol–water partition coefficient (Wildman–Crippen LogP) is 5.46. The van der Waals surface area contributed by atoms with Crippen molar-refractivity contribution < 1.29 is 29.0 Å². The maximum absolute atomic E-state index is 13.0. The highest BCUT2D eigenvalue weighted by Crippen LogP contribution is 2.31. The third kappa shape index (κ3) is 4.26. The molecule has 0 atom stereocenters. The van der Waals surface area contributed by atoms with E-state index in [1.54, 1.807) is 25.1 Å². The van der Waals surface area contributed by atoms with E-state index in [1.165, 1.54) is 36.4 Å². The summed E-state index contributed by atoms with van der Waals surface area (Å²) in [5, 5.41) is 24.0. The first-order valence-electron chi connectivity index (χ1n) is 9.43. The number of anilines is 1. The molecule has 10 heteroatoms. The minimum atomic E-state index is -1.22. The molecule has 2 aromatic carbocycles. The van der Waals surface area contributed by atoms with Crippen LogP contribution in [0.5, 0.6) is 0 Å². The second-order valence-electron chi connectivity index (χ2n) is 7.03. The Morgan fingerprint density at radius 3 is 2.27 bits per heavy atom. The van der Waals surface area contributed by atoms with Crippen molar-refractivity contribution in [3.8, 4) is 11.3 Å². The highest BCUT2D eigenvalue weighted by atomic mass is 35.5. The van der Waals surface area contributed by atoms with Crippen LogP contribution < -0.4 is 5.01 Å². The number of furan rings is 1. The molecule has 1 aliphatic heterocycles. The number of carboxylic acids is 2. The van der Waals surface area contributed by atoms with Gasteiger partial charge in [-0.05, 0) is 61.5 Å². The van der Waals surface area contributed by atoms with Crippen molar-refractivity contribution in [3.05, 3.63) is 81.0 Å². The molecule has 166 valence electrons. The Kier molecular flexibility index (Phi) is 5.80. The predicted molar refractivity (Wildman–Crippen MR) is 123 cm³/mol. The van der Waals surface area contributed by atoms with Crippen LogP contribution in [0.2, 0.25) is 10.0 Å². The van der Waals surface area contributed by atoms with Crippen LogP contribution in [0.4, 0.5) is 5.69 Å². The van der Waals surface area contributed by atoms with Gasteiger partial charge in [-0.3, -0.25) is 4.79 Å². The van der Waals surface area contributed by atoms with E-state index in [4.69, 9.17) is 27.6 Å². The van der Waals surface area contributed by atoms with Crippen LogP contribution in [0, 0.1) is 0 Å². The van der Waals surface area contributed by atoms with Crippen LogP contribution in [0.1, 0.15) is 33.4 Å². The molecule has 33 heavy (non-hydrogen) atoms. The van der Waals surface area contributed by atoms with Gasteiger partial charge in [0.25, 0.3) is 5.91 Å². The van der Waals surface area contributed by atoms with Crippen LogP contribution in [-0.4, -0.2) is 33.8 Å². The molecule has 8 nitrogen and oxygen atoms in total. The van der Waals surface area contributed by atoms with Crippen molar-refractivity contribution in [2.75, 3.05) is 5.01 Å². The van der Waals surface area contributed by atoms with Gasteiger partial charge >= 0.3 is 11.9 Å². The molecule has 0 unspecified atom stereocenters. The molecule has 0 radical (unpaired) electrons. The monoisotopic (exact) mass is 484 g/mol. The fourth-order valence-corrected chi connectivity index (χ4v) is 3.64. The first-order chi connectivity index (χ1) is 15.7. The summed E-state index contributed by atoms with van der Waals surface area (Å²) in [5.74, 6) is -2.11. The molecule has 0 fully saturated rings. The van der Waals surface area contributed by atoms with E-state index in [-0.39, 0.29) is 32.4 Å². The third-order valence-corrected chi connectivity index (χ3v) is 5.54. The van der Waals surface area contributed by atoms with E-state index in [2.05, 4.69) is 5.10 Å². The maximum Gasteiger partial charge on any atom is 0.337 e. The van der Waals surface area contributed by atoms with Crippen LogP contribution in [0.25, 0.3) is 17.4 Å². The number of halogens is 2. The number of carbonyl (C=O) groups is 3. The van der Waals surface area contributed by atoms with Crippen LogP contribution >= 0.6 is 23.2 Å². The van der Waals surface area contributed by atoms with Gasteiger partial charge in [0.15, 0.2) is 0 Å². The molecule has 3 aromatic rings. The van der Waals surface area contributed by atoms with Crippen molar-refractivity contribution >= 4 is 58.5 Å². The lowest BCUT2D eigenvalue weighted by atomic mass is 10.1. The highest BCUT2D eigenvalue weighted by Gasteiger charge is 2.30. The maximum atomic E-state index is 13.0. The quantitative estimate of drug-likeness (QED) is 0.464. The molecule has 2 heterocycles. The lowest BCUT2D eigenvalue weighted by Gasteiger charge is -2.12. The summed E-state index contributed by atoms with van der Waals surface area (Å²) in [4.78, 5) is 35.6. The number of nitrogens with zero attached hydrogens (tertiary/aromatic N) is 2. The van der Waals surface area contributed by atoms with E-state index >= 15 is 0 Å². The molecular weight excluding hydrogens is 471 g/mol. The average molecular weight is 485 g/mol. The van der Waals surface area contributed by atoms with Crippen LogP contribution in [-0.2, 0) is 4.79 Å². The lowest BCUT2D eigenvalue weighted by Crippen LogP contribution is -2.21. The Labute approximate surface area is 197 Å². The topological polar surface area (TPSA) is 120 Å². The Bertz CT molecular complexity index is 1390. The first kappa shape index (κ1) is 22.3. The van der Waals surface area contributed by atoms with Gasteiger partial charge in [-0.15, -0.1) is 0 Å². The van der Waals surface area contributed by atoms with E-state index in [1.807, 2.05) is 0 Å². The van der Waals surface area contributed by atoms with E-state index in [0.29, 0.717) is 22.8 Å². The summed E-state index contributed by atoms with van der Waals surface area (Å²) >= 11 is 11.8. The summed E-state index contributed by atoms with van der Waals surface area (Å²) in [6.07, 6.45) is 1.51. The van der Waals surface area contributed by atoms with E-state index < -0.39 is 17.8 Å². The van der Waals surface area contributed by atoms with Crippen LogP contribution in [0.3, 0.4) is 0 Å². The summed E-state index contributed by atoms with van der Waals surface area (Å²) < 4.78 is 5.78. The zero-order valence-corrected chi connectivity index (χ0v) is 18.4. The Hall–Kier alpha value is -3.88. The number of hydrogen-bond donors (Lipinski definition) is 2. The van der Waals surface area contributed by atoms with Gasteiger partial charge in [0, 0.05) is 5.56 Å². The summed E-state index contributed by atoms with van der Waals surface area (Å²) in [6, 6.07) is 11.9. The van der Waals surface area contributed by atoms with Crippen molar-refractivity contribution in [3.63, 3.8) is 0 Å². The van der Waals surface area contributed by atoms with Crippen molar-refractivity contribution in [1.29, 1.82) is 0 Å². The molecule has 0 saturated heterocycles. The van der Waals surface area contributed by atoms with E-state index in [9.17, 15) is 24.6 Å². The smallest absolute Gasteiger partial charge is 0.337 e. The van der Waals surface area contributed by atoms with Crippen molar-refractivity contribution in [2.24, 2.45) is 5.10 Å². The average Bonchev–Trinajstić information content (AvgIpc) is 3.34. The normalized spacial score (nSPS) is 14.6. The molecule has 0 aliphatic carbocycles. The lowest BCUT2D eigenvalue weighted by molar-refractivity contribution is -0.114. The second kappa shape index (κ2) is 8.57. The molecule has 0 saturated carbocycles. The van der Waals surface area contributed by atoms with Crippen molar-refractivity contribution in [2.45, 2.75) is 6.92 Å². The van der Waals surface area contributed by atoms with Gasteiger partial charge in [-0.2, -0.15) is 10.1 Å². The molecule has 2 N–H and O–H groups in total. The zero-order chi connectivity index (χ0) is 23.9. The van der Waals surface area contributed by atoms with Gasteiger partial charge in [-0.25, -0.2) is 9.59 Å². The summed E-state index contributed by atoms with van der Waals surface area (Å²) in [5.41, 5.74) is 1.22. The number of amides is 1. The molecule has 1 amide bonds. The molecule has 4 rings (SSSR count). The summed E-state index contributed by atoms with van der Waals surface area (Å²) in [6.45, 7) is 1.64. The largest absolute Gasteiger partial charge is 0.478 e. The second-order valence-corrected chi connectivity index (χ2v) is 7.85. The summed E-state index contributed by atoms with van der Waals surface area (Å²) in [7, 11) is 0. The number of carboxylic acid groups (broad SMARTS) is 2. The number of aromatic carboxylic acids is 2. The van der Waals surface area contributed by atoms with Gasteiger partial charge < -0.3 is 14.6 Å². The standard InChI is InChI=1S/C23H14Cl2N2O6/c1-11-15(21(28)27(26-11)13-3-6-19(25)17(9-13)23(31)32)10-14-4-7-20(33-14)12-2-5-18(24)16(8-12)22(29)30/h2-10H,1H3,(H,29,30)(H,31,32)/b15-10-. The van der Waals surface area contributed by atoms with Crippen molar-refractivity contribution in [1.82, 2.24) is 0 Å². The minimum Gasteiger partial charge on any atom is -0.478 e. The van der Waals surface area contributed by atoms with Gasteiger partial charge in [0.1, 0.15) is 11.5 Å². The Morgan fingerprint density at radius 2 is 1.61 bits per heavy atom. The Balaban J connectivity index is 1.64. The van der Waals surface area contributed by atoms with Gasteiger partial charge in [0.05, 0.1) is 38.1 Å². The SMILES string of the molecule is CC1=NN(c2ccc(Cl)c(C(=O)O)c2)C(=O)/C1=C\c1ccc(-c2ccc(Cl)c(C(=O)O)c2)o1. The first-order valence-corrected chi connectivity index (χ1v) is 10.2. The molecule has 1 aromatic heterocycles. The van der Waals surface area contributed by atoms with Gasteiger partial charge in [-0.1, -0.05) is 23.2 Å². The molecular formula is C23H14Cl2N2O6. The number of hydrazone groups is 1. The fourth-order valence-electron chi connectivity index (χ4n) is 3.24. The molecule has 0 bridgehead atoms. The number of benzene rings is 2. The minimum absolute atomic E-state index is 0.0470. The Morgan fingerprint density at radius 1 is 0.970 bits per heavy atom. The molecule has 0 spiro atoms. The van der Waals surface area contributed by atoms with Crippen LogP contribution in [0.15, 0.2) is 63.6 Å². The number of carbonyl (C=O) groups excluding carboxylic acids is 1. The third-order valence-electron chi connectivity index (χ3n) is 4.88.